The molecule has 0 bridgehead atoms. The van der Waals surface area contributed by atoms with Gasteiger partial charge in [-0.25, -0.2) is 0 Å². The number of piperazine rings is 1. The second kappa shape index (κ2) is 7.08. The van der Waals surface area contributed by atoms with E-state index in [1.165, 1.54) is 4.68 Å². The lowest BCUT2D eigenvalue weighted by atomic mass is 10.2. The summed E-state index contributed by atoms with van der Waals surface area (Å²) < 4.78 is 1.44. The van der Waals surface area contributed by atoms with Gasteiger partial charge in [-0.2, -0.15) is 5.10 Å². The van der Waals surface area contributed by atoms with Crippen LogP contribution in [0.5, 0.6) is 0 Å². The Morgan fingerprint density at radius 3 is 2.35 bits per heavy atom. The molecule has 0 unspecified atom stereocenters. The predicted molar refractivity (Wildman–Crippen MR) is 86.2 cm³/mol. The van der Waals surface area contributed by atoms with Crippen molar-refractivity contribution in [2.24, 2.45) is 5.92 Å². The van der Waals surface area contributed by atoms with Crippen molar-refractivity contribution >= 4 is 11.6 Å². The van der Waals surface area contributed by atoms with E-state index in [2.05, 4.69) is 23.8 Å². The largest absolute Gasteiger partial charge is 0.339 e. The first-order valence-corrected chi connectivity index (χ1v) is 7.98. The zero-order valence-electron chi connectivity index (χ0n) is 14.3. The van der Waals surface area contributed by atoms with Gasteiger partial charge in [-0.3, -0.25) is 24.5 Å². The Balaban J connectivity index is 1.96. The molecule has 1 amide bonds. The third kappa shape index (κ3) is 4.07. The van der Waals surface area contributed by atoms with Gasteiger partial charge in [0.25, 0.3) is 0 Å². The van der Waals surface area contributed by atoms with Gasteiger partial charge in [0.2, 0.25) is 5.91 Å². The van der Waals surface area contributed by atoms with E-state index < -0.39 is 4.92 Å². The smallest absolute Gasteiger partial charge is 0.312 e. The van der Waals surface area contributed by atoms with Gasteiger partial charge in [0.05, 0.1) is 4.92 Å². The minimum atomic E-state index is -0.441. The highest BCUT2D eigenvalue weighted by Gasteiger charge is 2.26. The summed E-state index contributed by atoms with van der Waals surface area (Å²) in [5.41, 5.74) is 0.779. The molecule has 0 radical (unpaired) electrons. The molecule has 2 heterocycles. The average Bonchev–Trinajstić information content (AvgIpc) is 2.73. The van der Waals surface area contributed by atoms with Crippen molar-refractivity contribution in [3.8, 4) is 0 Å². The van der Waals surface area contributed by atoms with Crippen LogP contribution in [0.1, 0.15) is 25.2 Å². The van der Waals surface area contributed by atoms with E-state index >= 15 is 0 Å². The topological polar surface area (TPSA) is 84.5 Å². The van der Waals surface area contributed by atoms with Crippen LogP contribution in [-0.4, -0.2) is 63.1 Å². The quantitative estimate of drug-likeness (QED) is 0.600. The number of aromatic nitrogens is 2. The van der Waals surface area contributed by atoms with Crippen LogP contribution in [0.25, 0.3) is 0 Å². The lowest BCUT2D eigenvalue weighted by molar-refractivity contribution is -0.386. The molecule has 0 spiro atoms. The van der Waals surface area contributed by atoms with Crippen molar-refractivity contribution < 1.29 is 9.72 Å². The van der Waals surface area contributed by atoms with Crippen LogP contribution in [-0.2, 0) is 11.3 Å². The Hall–Kier alpha value is -1.96. The van der Waals surface area contributed by atoms with E-state index in [-0.39, 0.29) is 18.1 Å². The first kappa shape index (κ1) is 17.4. The highest BCUT2D eigenvalue weighted by atomic mass is 16.6. The van der Waals surface area contributed by atoms with Crippen LogP contribution in [0.3, 0.4) is 0 Å². The molecule has 0 atom stereocenters. The molecule has 0 aliphatic carbocycles. The molecule has 1 fully saturated rings. The number of carbonyl (C=O) groups excluding carboxylic acids is 1. The number of carbonyl (C=O) groups is 1. The molecular weight excluding hydrogens is 298 g/mol. The lowest BCUT2D eigenvalue weighted by Gasteiger charge is -2.35. The second-order valence-corrected chi connectivity index (χ2v) is 6.51. The van der Waals surface area contributed by atoms with E-state index in [0.29, 0.717) is 30.4 Å². The fourth-order valence-electron chi connectivity index (χ4n) is 3.03. The van der Waals surface area contributed by atoms with E-state index in [4.69, 9.17) is 0 Å². The number of nitro groups is 1. The number of hydrogen-bond donors (Lipinski definition) is 0. The summed E-state index contributed by atoms with van der Waals surface area (Å²) >= 11 is 0. The van der Waals surface area contributed by atoms with E-state index in [1.54, 1.807) is 13.8 Å². The van der Waals surface area contributed by atoms with Gasteiger partial charge in [-0.05, 0) is 19.8 Å². The van der Waals surface area contributed by atoms with Crippen molar-refractivity contribution in [2.45, 2.75) is 34.2 Å². The van der Waals surface area contributed by atoms with Crippen LogP contribution < -0.4 is 0 Å². The monoisotopic (exact) mass is 323 g/mol. The van der Waals surface area contributed by atoms with Crippen LogP contribution in [0.4, 0.5) is 5.69 Å². The number of aryl methyl sites for hydroxylation is 1. The highest BCUT2D eigenvalue weighted by molar-refractivity contribution is 5.76. The molecule has 0 saturated carbocycles. The summed E-state index contributed by atoms with van der Waals surface area (Å²) in [5, 5.41) is 15.2. The highest BCUT2D eigenvalue weighted by Crippen LogP contribution is 2.21. The summed E-state index contributed by atoms with van der Waals surface area (Å²) in [6, 6.07) is 0. The summed E-state index contributed by atoms with van der Waals surface area (Å²) in [5.74, 6) is 0.585. The van der Waals surface area contributed by atoms with Gasteiger partial charge in [-0.1, -0.05) is 13.8 Å². The zero-order chi connectivity index (χ0) is 17.1. The van der Waals surface area contributed by atoms with Gasteiger partial charge in [0.1, 0.15) is 17.9 Å². The van der Waals surface area contributed by atoms with Crippen LogP contribution in [0.2, 0.25) is 0 Å². The molecule has 1 aromatic rings. The summed E-state index contributed by atoms with van der Waals surface area (Å²) in [7, 11) is 0. The van der Waals surface area contributed by atoms with Crippen molar-refractivity contribution in [2.75, 3.05) is 32.7 Å². The minimum Gasteiger partial charge on any atom is -0.339 e. The molecule has 23 heavy (non-hydrogen) atoms. The average molecular weight is 323 g/mol. The van der Waals surface area contributed by atoms with Crippen molar-refractivity contribution in [3.05, 3.63) is 21.5 Å². The Kier molecular flexibility index (Phi) is 5.35. The first-order chi connectivity index (χ1) is 10.8. The molecule has 8 nitrogen and oxygen atoms in total. The Bertz CT molecular complexity index is 588. The normalized spacial score (nSPS) is 16.1. The summed E-state index contributed by atoms with van der Waals surface area (Å²) in [6.45, 7) is 11.9. The van der Waals surface area contributed by atoms with Crippen molar-refractivity contribution in [3.63, 3.8) is 0 Å². The fourth-order valence-corrected chi connectivity index (χ4v) is 3.03. The van der Waals surface area contributed by atoms with Crippen molar-refractivity contribution in [1.82, 2.24) is 19.6 Å². The Labute approximate surface area is 136 Å². The fraction of sp³-hybridized carbons (Fsp3) is 0.733. The van der Waals surface area contributed by atoms with Crippen LogP contribution in [0.15, 0.2) is 0 Å². The van der Waals surface area contributed by atoms with Crippen molar-refractivity contribution in [1.29, 1.82) is 0 Å². The number of amides is 1. The Morgan fingerprint density at radius 2 is 1.87 bits per heavy atom. The van der Waals surface area contributed by atoms with Crippen LogP contribution in [0, 0.1) is 29.9 Å². The van der Waals surface area contributed by atoms with E-state index in [0.717, 1.165) is 19.6 Å². The number of hydrogen-bond acceptors (Lipinski definition) is 5. The number of rotatable bonds is 5. The lowest BCUT2D eigenvalue weighted by Crippen LogP contribution is -2.50. The standard InChI is InChI=1S/C15H25N5O3/c1-11(2)9-17-5-7-18(8-6-17)14(21)10-19-13(4)15(20(22)23)12(3)16-19/h11H,5-10H2,1-4H3. The molecule has 8 heteroatoms. The summed E-state index contributed by atoms with van der Waals surface area (Å²) in [6.07, 6.45) is 0. The van der Waals surface area contributed by atoms with Crippen LogP contribution >= 0.6 is 0 Å². The van der Waals surface area contributed by atoms with Gasteiger partial charge >= 0.3 is 5.69 Å². The van der Waals surface area contributed by atoms with E-state index in [9.17, 15) is 14.9 Å². The van der Waals surface area contributed by atoms with Gasteiger partial charge < -0.3 is 4.90 Å². The molecule has 1 aromatic heterocycles. The molecule has 0 N–H and O–H groups in total. The Morgan fingerprint density at radius 1 is 1.26 bits per heavy atom. The predicted octanol–water partition coefficient (Wildman–Crippen LogP) is 1.21. The molecule has 1 aliphatic heterocycles. The van der Waals surface area contributed by atoms with Gasteiger partial charge in [0.15, 0.2) is 0 Å². The number of nitrogens with zero attached hydrogens (tertiary/aromatic N) is 5. The molecule has 128 valence electrons. The molecule has 2 rings (SSSR count). The maximum absolute atomic E-state index is 12.4. The molecule has 1 saturated heterocycles. The first-order valence-electron chi connectivity index (χ1n) is 7.98. The zero-order valence-corrected chi connectivity index (χ0v) is 14.3. The van der Waals surface area contributed by atoms with Gasteiger partial charge in [-0.15, -0.1) is 0 Å². The maximum atomic E-state index is 12.4. The minimum absolute atomic E-state index is 0.000414. The molecule has 0 aromatic carbocycles. The summed E-state index contributed by atoms with van der Waals surface area (Å²) in [4.78, 5) is 27.2. The molecular formula is C15H25N5O3. The third-order valence-corrected chi connectivity index (χ3v) is 4.16. The third-order valence-electron chi connectivity index (χ3n) is 4.16. The SMILES string of the molecule is Cc1nn(CC(=O)N2CCN(CC(C)C)CC2)c(C)c1[N+](=O)[O-]. The maximum Gasteiger partial charge on any atom is 0.312 e. The second-order valence-electron chi connectivity index (χ2n) is 6.51. The molecule has 1 aliphatic rings. The van der Waals surface area contributed by atoms with E-state index in [1.807, 2.05) is 4.90 Å². The van der Waals surface area contributed by atoms with Gasteiger partial charge in [0, 0.05) is 32.7 Å².